The third-order valence-electron chi connectivity index (χ3n) is 10.3. The summed E-state index contributed by atoms with van der Waals surface area (Å²) in [4.78, 5) is 14.0. The number of rotatable bonds is 3. The standard InChI is InChI=1S/C34H38N4O/c1-33(2)18-28-30(29(39)19-33)31(36-27-11-7-6-10-26(27)35-28)25-20-38(24-8-4-3-5-9-24)37-32(25)34-15-21-12-22(16-34)14-23(13-21)17-34/h3-11,20-23,31,35-36H,12-19H2,1-2H3. The highest BCUT2D eigenvalue weighted by molar-refractivity contribution is 6.01. The lowest BCUT2D eigenvalue weighted by Gasteiger charge is -2.56. The number of Topliss-reactive ketones (excluding diaryl/α,β-unsaturated/α-hetero) is 1. The van der Waals surface area contributed by atoms with E-state index in [2.05, 4.69) is 90.0 Å². The van der Waals surface area contributed by atoms with Crippen LogP contribution in [0.5, 0.6) is 0 Å². The van der Waals surface area contributed by atoms with Crippen LogP contribution in [-0.4, -0.2) is 15.6 Å². The molecule has 6 aliphatic rings. The number of nitrogens with one attached hydrogen (secondary N) is 2. The third-order valence-corrected chi connectivity index (χ3v) is 10.3. The molecule has 1 aromatic heterocycles. The van der Waals surface area contributed by atoms with Gasteiger partial charge in [0.25, 0.3) is 0 Å². The molecular formula is C34H38N4O. The van der Waals surface area contributed by atoms with Crippen LogP contribution in [0.4, 0.5) is 11.4 Å². The Bertz CT molecular complexity index is 1460. The predicted octanol–water partition coefficient (Wildman–Crippen LogP) is 7.56. The largest absolute Gasteiger partial charge is 0.372 e. The minimum atomic E-state index is -0.222. The summed E-state index contributed by atoms with van der Waals surface area (Å²) in [6, 6.07) is 18.7. The number of nitrogens with zero attached hydrogens (tertiary/aromatic N) is 2. The highest BCUT2D eigenvalue weighted by Crippen LogP contribution is 2.61. The van der Waals surface area contributed by atoms with Crippen LogP contribution >= 0.6 is 0 Å². The normalized spacial score (nSPS) is 32.2. The van der Waals surface area contributed by atoms with E-state index < -0.39 is 0 Å². The summed E-state index contributed by atoms with van der Waals surface area (Å²) in [5.74, 6) is 2.72. The van der Waals surface area contributed by atoms with Gasteiger partial charge in [-0.2, -0.15) is 5.10 Å². The molecule has 39 heavy (non-hydrogen) atoms. The fourth-order valence-corrected chi connectivity index (χ4v) is 9.25. The molecule has 4 fully saturated rings. The van der Waals surface area contributed by atoms with Gasteiger partial charge in [-0.15, -0.1) is 0 Å². The molecule has 1 aliphatic heterocycles. The lowest BCUT2D eigenvalue weighted by molar-refractivity contribution is -0.118. The van der Waals surface area contributed by atoms with Crippen molar-refractivity contribution in [3.05, 3.63) is 83.3 Å². The second kappa shape index (κ2) is 8.33. The van der Waals surface area contributed by atoms with Gasteiger partial charge in [0.1, 0.15) is 0 Å². The molecule has 9 rings (SSSR count). The van der Waals surface area contributed by atoms with E-state index >= 15 is 0 Å². The van der Waals surface area contributed by atoms with E-state index in [-0.39, 0.29) is 22.7 Å². The minimum absolute atomic E-state index is 0.0657. The summed E-state index contributed by atoms with van der Waals surface area (Å²) in [6.45, 7) is 4.42. The first-order valence-corrected chi connectivity index (χ1v) is 14.9. The molecule has 1 atom stereocenters. The van der Waals surface area contributed by atoms with E-state index in [1.807, 2.05) is 0 Å². The van der Waals surface area contributed by atoms with Crippen LogP contribution < -0.4 is 10.6 Å². The van der Waals surface area contributed by atoms with Gasteiger partial charge in [-0.05, 0) is 92.4 Å². The van der Waals surface area contributed by atoms with Crippen molar-refractivity contribution in [2.45, 2.75) is 76.7 Å². The maximum absolute atomic E-state index is 14.0. The van der Waals surface area contributed by atoms with Crippen LogP contribution in [0.1, 0.15) is 82.5 Å². The number of ketones is 1. The Kier molecular flexibility index (Phi) is 5.03. The van der Waals surface area contributed by atoms with E-state index in [1.165, 1.54) is 49.8 Å². The molecule has 2 aromatic carbocycles. The molecule has 2 N–H and O–H groups in total. The fourth-order valence-electron chi connectivity index (χ4n) is 9.25. The van der Waals surface area contributed by atoms with Gasteiger partial charge < -0.3 is 10.6 Å². The lowest BCUT2D eigenvalue weighted by atomic mass is 9.48. The van der Waals surface area contributed by atoms with Crippen molar-refractivity contribution >= 4 is 17.2 Å². The second-order valence-corrected chi connectivity index (χ2v) is 14.0. The zero-order valence-electron chi connectivity index (χ0n) is 23.0. The summed E-state index contributed by atoms with van der Waals surface area (Å²) < 4.78 is 2.09. The van der Waals surface area contributed by atoms with Crippen LogP contribution in [-0.2, 0) is 10.2 Å². The number of anilines is 2. The van der Waals surface area contributed by atoms with Gasteiger partial charge in [0.05, 0.1) is 28.8 Å². The van der Waals surface area contributed by atoms with E-state index in [9.17, 15) is 4.79 Å². The second-order valence-electron chi connectivity index (χ2n) is 14.0. The fraction of sp³-hybridized carbons (Fsp3) is 0.471. The Hall–Kier alpha value is -3.34. The van der Waals surface area contributed by atoms with Crippen molar-refractivity contribution in [3.8, 4) is 5.69 Å². The zero-order valence-corrected chi connectivity index (χ0v) is 23.0. The molecule has 4 saturated carbocycles. The molecule has 0 spiro atoms. The van der Waals surface area contributed by atoms with E-state index in [0.29, 0.717) is 6.42 Å². The van der Waals surface area contributed by atoms with Gasteiger partial charge in [-0.25, -0.2) is 4.68 Å². The first-order chi connectivity index (χ1) is 18.9. The van der Waals surface area contributed by atoms with Gasteiger partial charge in [-0.3, -0.25) is 4.79 Å². The highest BCUT2D eigenvalue weighted by atomic mass is 16.1. The van der Waals surface area contributed by atoms with Gasteiger partial charge >= 0.3 is 0 Å². The molecular weight excluding hydrogens is 480 g/mol. The third kappa shape index (κ3) is 3.80. The van der Waals surface area contributed by atoms with E-state index in [0.717, 1.165) is 52.5 Å². The van der Waals surface area contributed by atoms with Crippen molar-refractivity contribution in [2.24, 2.45) is 23.2 Å². The number of allylic oxidation sites excluding steroid dienone is 1. The molecule has 5 heteroatoms. The van der Waals surface area contributed by atoms with Crippen LogP contribution in [0.15, 0.2) is 72.1 Å². The van der Waals surface area contributed by atoms with Crippen LogP contribution in [0.3, 0.4) is 0 Å². The molecule has 4 bridgehead atoms. The molecule has 3 aromatic rings. The summed E-state index contributed by atoms with van der Waals surface area (Å²) in [5.41, 5.74) is 7.63. The Morgan fingerprint density at radius 3 is 2.18 bits per heavy atom. The van der Waals surface area contributed by atoms with Crippen LogP contribution in [0, 0.1) is 23.2 Å². The average Bonchev–Trinajstić information content (AvgIpc) is 3.27. The monoisotopic (exact) mass is 518 g/mol. The molecule has 2 heterocycles. The SMILES string of the molecule is CC1(C)CC(=O)C2=C(C1)Nc1ccccc1NC2c1cn(-c2ccccc2)nc1C12CC3CC(CC(C3)C1)C2. The number of fused-ring (bicyclic) bond motifs is 1. The van der Waals surface area contributed by atoms with Crippen molar-refractivity contribution < 1.29 is 4.79 Å². The molecule has 0 amide bonds. The molecule has 200 valence electrons. The Balaban J connectivity index is 1.34. The summed E-state index contributed by atoms with van der Waals surface area (Å²) >= 11 is 0. The smallest absolute Gasteiger partial charge is 0.163 e. The average molecular weight is 519 g/mol. The van der Waals surface area contributed by atoms with Gasteiger partial charge in [0, 0.05) is 34.9 Å². The molecule has 1 unspecified atom stereocenters. The predicted molar refractivity (Wildman–Crippen MR) is 155 cm³/mol. The topological polar surface area (TPSA) is 59.0 Å². The van der Waals surface area contributed by atoms with Crippen molar-refractivity contribution in [1.29, 1.82) is 0 Å². The summed E-state index contributed by atoms with van der Waals surface area (Å²) in [6.07, 6.45) is 11.6. The first kappa shape index (κ1) is 23.5. The zero-order chi connectivity index (χ0) is 26.4. The van der Waals surface area contributed by atoms with Crippen LogP contribution in [0.25, 0.3) is 5.69 Å². The number of benzene rings is 2. The molecule has 5 aliphatic carbocycles. The van der Waals surface area contributed by atoms with Crippen molar-refractivity contribution in [3.63, 3.8) is 0 Å². The quantitative estimate of drug-likeness (QED) is 0.376. The van der Waals surface area contributed by atoms with Gasteiger partial charge in [0.15, 0.2) is 5.78 Å². The number of carbonyl (C=O) groups is 1. The number of carbonyl (C=O) groups excluding carboxylic acids is 1. The van der Waals surface area contributed by atoms with Gasteiger partial charge in [0.2, 0.25) is 0 Å². The molecule has 0 radical (unpaired) electrons. The molecule has 0 saturated heterocycles. The van der Waals surface area contributed by atoms with Gasteiger partial charge in [-0.1, -0.05) is 44.2 Å². The van der Waals surface area contributed by atoms with E-state index in [4.69, 9.17) is 5.10 Å². The maximum atomic E-state index is 14.0. The van der Waals surface area contributed by atoms with Crippen molar-refractivity contribution in [1.82, 2.24) is 9.78 Å². The number of hydrogen-bond donors (Lipinski definition) is 2. The number of hydrogen-bond acceptors (Lipinski definition) is 4. The highest BCUT2D eigenvalue weighted by Gasteiger charge is 2.54. The lowest BCUT2D eigenvalue weighted by Crippen LogP contribution is -2.49. The Morgan fingerprint density at radius 1 is 0.846 bits per heavy atom. The molecule has 5 nitrogen and oxygen atoms in total. The van der Waals surface area contributed by atoms with E-state index in [1.54, 1.807) is 0 Å². The Labute approximate surface area is 231 Å². The van der Waals surface area contributed by atoms with Crippen LogP contribution in [0.2, 0.25) is 0 Å². The number of aromatic nitrogens is 2. The summed E-state index contributed by atoms with van der Waals surface area (Å²) in [5, 5.41) is 13.0. The minimum Gasteiger partial charge on any atom is -0.372 e. The number of para-hydroxylation sites is 3. The maximum Gasteiger partial charge on any atom is 0.163 e. The first-order valence-electron chi connectivity index (χ1n) is 14.9. The summed E-state index contributed by atoms with van der Waals surface area (Å²) in [7, 11) is 0. The Morgan fingerprint density at radius 2 is 1.49 bits per heavy atom. The van der Waals surface area contributed by atoms with Crippen molar-refractivity contribution in [2.75, 3.05) is 10.6 Å².